The molecule has 1 N–H and O–H groups in total. The summed E-state index contributed by atoms with van der Waals surface area (Å²) in [6.07, 6.45) is 0. The van der Waals surface area contributed by atoms with Crippen molar-refractivity contribution >= 4 is 28.3 Å². The van der Waals surface area contributed by atoms with Crippen molar-refractivity contribution in [3.63, 3.8) is 0 Å². The van der Waals surface area contributed by atoms with Crippen molar-refractivity contribution in [2.45, 2.75) is 13.1 Å². The fraction of sp³-hybridized carbons (Fsp3) is 0.190. The summed E-state index contributed by atoms with van der Waals surface area (Å²) in [5.74, 6) is -0.875. The summed E-state index contributed by atoms with van der Waals surface area (Å²) < 4.78 is 5.11. The summed E-state index contributed by atoms with van der Waals surface area (Å²) in [7, 11) is 1.68. The molecule has 0 atom stereocenters. The van der Waals surface area contributed by atoms with Crippen LogP contribution in [-0.4, -0.2) is 35.4 Å². The number of thiazole rings is 1. The molecule has 7 heteroatoms. The quantitative estimate of drug-likeness (QED) is 0.591. The average Bonchev–Trinajstić information content (AvgIpc) is 3.21. The third-order valence-electron chi connectivity index (χ3n) is 4.01. The van der Waals surface area contributed by atoms with Crippen molar-refractivity contribution in [1.82, 2.24) is 9.88 Å². The number of hydrogen-bond donors (Lipinski definition) is 1. The molecule has 3 rings (SSSR count). The van der Waals surface area contributed by atoms with Gasteiger partial charge in [-0.15, -0.1) is 11.3 Å². The average molecular weight is 395 g/mol. The van der Waals surface area contributed by atoms with E-state index in [9.17, 15) is 9.59 Å². The Balaban J connectivity index is 1.45. The fourth-order valence-corrected chi connectivity index (χ4v) is 3.16. The lowest BCUT2D eigenvalue weighted by Gasteiger charge is -2.17. The third-order valence-corrected chi connectivity index (χ3v) is 4.81. The molecular weight excluding hydrogens is 374 g/mol. The topological polar surface area (TPSA) is 71.5 Å². The number of anilines is 1. The molecule has 2 aromatic carbocycles. The molecule has 1 amide bonds. The van der Waals surface area contributed by atoms with E-state index in [0.29, 0.717) is 18.2 Å². The molecule has 28 heavy (non-hydrogen) atoms. The second-order valence-electron chi connectivity index (χ2n) is 6.19. The number of nitrogens with zero attached hydrogens (tertiary/aromatic N) is 2. The summed E-state index contributed by atoms with van der Waals surface area (Å²) in [4.78, 5) is 30.1. The van der Waals surface area contributed by atoms with Gasteiger partial charge in [-0.05, 0) is 11.1 Å². The van der Waals surface area contributed by atoms with E-state index < -0.39 is 5.97 Å². The number of carbonyl (C=O) groups excluding carboxylic acids is 2. The number of aromatic nitrogens is 1. The highest BCUT2D eigenvalue weighted by atomic mass is 32.1. The van der Waals surface area contributed by atoms with Gasteiger partial charge in [0.15, 0.2) is 17.4 Å². The Morgan fingerprint density at radius 3 is 2.36 bits per heavy atom. The molecule has 0 spiro atoms. The van der Waals surface area contributed by atoms with E-state index in [1.807, 2.05) is 60.7 Å². The van der Waals surface area contributed by atoms with Gasteiger partial charge in [0.1, 0.15) is 0 Å². The summed E-state index contributed by atoms with van der Waals surface area (Å²) in [5.41, 5.74) is 2.33. The van der Waals surface area contributed by atoms with Crippen LogP contribution < -0.4 is 5.32 Å². The highest BCUT2D eigenvalue weighted by Gasteiger charge is 2.16. The Labute approximate surface area is 167 Å². The maximum Gasteiger partial charge on any atom is 0.358 e. The third kappa shape index (κ3) is 5.65. The van der Waals surface area contributed by atoms with Crippen LogP contribution in [0.2, 0.25) is 0 Å². The lowest BCUT2D eigenvalue weighted by molar-refractivity contribution is -0.133. The van der Waals surface area contributed by atoms with E-state index in [2.05, 4.69) is 10.3 Å². The SMILES string of the molecule is CN(Cc1ccccc1)C(=O)COC(=O)c1csc(NCc2ccccc2)n1. The van der Waals surface area contributed by atoms with E-state index in [4.69, 9.17) is 4.74 Å². The minimum Gasteiger partial charge on any atom is -0.451 e. The van der Waals surface area contributed by atoms with Gasteiger partial charge in [0.2, 0.25) is 0 Å². The number of ether oxygens (including phenoxy) is 1. The first kappa shape index (κ1) is 19.6. The molecular formula is C21H21N3O3S. The van der Waals surface area contributed by atoms with Gasteiger partial charge < -0.3 is 15.0 Å². The summed E-state index contributed by atoms with van der Waals surface area (Å²) in [6.45, 7) is 0.763. The lowest BCUT2D eigenvalue weighted by Crippen LogP contribution is -2.30. The van der Waals surface area contributed by atoms with Gasteiger partial charge in [-0.25, -0.2) is 9.78 Å². The van der Waals surface area contributed by atoms with E-state index >= 15 is 0 Å². The first-order valence-electron chi connectivity index (χ1n) is 8.80. The smallest absolute Gasteiger partial charge is 0.358 e. The zero-order valence-corrected chi connectivity index (χ0v) is 16.3. The number of nitrogens with one attached hydrogen (secondary N) is 1. The summed E-state index contributed by atoms with van der Waals surface area (Å²) in [5, 5.41) is 5.42. The number of hydrogen-bond acceptors (Lipinski definition) is 6. The normalized spacial score (nSPS) is 10.3. The summed E-state index contributed by atoms with van der Waals surface area (Å²) in [6, 6.07) is 19.5. The fourth-order valence-electron chi connectivity index (χ4n) is 2.48. The second kappa shape index (κ2) is 9.66. The van der Waals surface area contributed by atoms with Crippen LogP contribution in [0.4, 0.5) is 5.13 Å². The predicted octanol–water partition coefficient (Wildman–Crippen LogP) is 3.57. The standard InChI is InChI=1S/C21H21N3O3S/c1-24(13-17-10-6-3-7-11-17)19(25)14-27-20(26)18-15-28-21(23-18)22-12-16-8-4-2-5-9-16/h2-11,15H,12-14H2,1H3,(H,22,23). The number of amides is 1. The molecule has 0 aliphatic heterocycles. The van der Waals surface area contributed by atoms with Gasteiger partial charge in [-0.1, -0.05) is 60.7 Å². The first-order chi connectivity index (χ1) is 13.6. The van der Waals surface area contributed by atoms with Crippen molar-refractivity contribution in [2.24, 2.45) is 0 Å². The molecule has 1 heterocycles. The zero-order valence-electron chi connectivity index (χ0n) is 15.5. The van der Waals surface area contributed by atoms with Gasteiger partial charge in [0.05, 0.1) is 0 Å². The van der Waals surface area contributed by atoms with Crippen LogP contribution >= 0.6 is 11.3 Å². The Hall–Kier alpha value is -3.19. The minimum absolute atomic E-state index is 0.194. The molecule has 0 fully saturated rings. The zero-order chi connectivity index (χ0) is 19.8. The largest absolute Gasteiger partial charge is 0.451 e. The number of esters is 1. The summed E-state index contributed by atoms with van der Waals surface area (Å²) >= 11 is 1.32. The molecule has 6 nitrogen and oxygen atoms in total. The molecule has 0 aliphatic rings. The van der Waals surface area contributed by atoms with Gasteiger partial charge >= 0.3 is 5.97 Å². The Bertz CT molecular complexity index is 913. The van der Waals surface area contributed by atoms with Crippen LogP contribution in [0, 0.1) is 0 Å². The molecule has 0 radical (unpaired) electrons. The predicted molar refractivity (Wildman–Crippen MR) is 109 cm³/mol. The van der Waals surface area contributed by atoms with Crippen molar-refractivity contribution < 1.29 is 14.3 Å². The highest BCUT2D eigenvalue weighted by molar-refractivity contribution is 7.13. The highest BCUT2D eigenvalue weighted by Crippen LogP contribution is 2.17. The van der Waals surface area contributed by atoms with Crippen LogP contribution in [-0.2, 0) is 22.6 Å². The Morgan fingerprint density at radius 1 is 1.04 bits per heavy atom. The molecule has 0 saturated heterocycles. The van der Waals surface area contributed by atoms with Crippen LogP contribution in [0.25, 0.3) is 0 Å². The van der Waals surface area contributed by atoms with Crippen molar-refractivity contribution in [1.29, 1.82) is 0 Å². The van der Waals surface area contributed by atoms with Gasteiger partial charge in [-0.2, -0.15) is 0 Å². The van der Waals surface area contributed by atoms with Gasteiger partial charge in [-0.3, -0.25) is 4.79 Å². The number of carbonyl (C=O) groups is 2. The monoisotopic (exact) mass is 395 g/mol. The molecule has 1 aromatic heterocycles. The van der Waals surface area contributed by atoms with E-state index in [0.717, 1.165) is 11.1 Å². The Morgan fingerprint density at radius 2 is 1.68 bits per heavy atom. The molecule has 3 aromatic rings. The van der Waals surface area contributed by atoms with Gasteiger partial charge in [0, 0.05) is 25.5 Å². The molecule has 0 saturated carbocycles. The lowest BCUT2D eigenvalue weighted by atomic mass is 10.2. The molecule has 0 unspecified atom stereocenters. The maximum atomic E-state index is 12.2. The molecule has 0 aliphatic carbocycles. The van der Waals surface area contributed by atoms with Crippen molar-refractivity contribution in [2.75, 3.05) is 19.0 Å². The number of benzene rings is 2. The van der Waals surface area contributed by atoms with Crippen LogP contribution in [0.3, 0.4) is 0 Å². The Kier molecular flexibility index (Phi) is 6.75. The van der Waals surface area contributed by atoms with Crippen molar-refractivity contribution in [3.05, 3.63) is 82.9 Å². The minimum atomic E-state index is -0.606. The van der Waals surface area contributed by atoms with Gasteiger partial charge in [0.25, 0.3) is 5.91 Å². The number of likely N-dealkylation sites (N-methyl/N-ethyl adjacent to an activating group) is 1. The van der Waals surface area contributed by atoms with Crippen LogP contribution in [0.1, 0.15) is 21.6 Å². The number of rotatable bonds is 8. The van der Waals surface area contributed by atoms with Crippen LogP contribution in [0.15, 0.2) is 66.0 Å². The van der Waals surface area contributed by atoms with E-state index in [-0.39, 0.29) is 18.2 Å². The van der Waals surface area contributed by atoms with E-state index in [1.54, 1.807) is 12.4 Å². The van der Waals surface area contributed by atoms with Crippen molar-refractivity contribution in [3.8, 4) is 0 Å². The molecule has 0 bridgehead atoms. The first-order valence-corrected chi connectivity index (χ1v) is 9.68. The van der Waals surface area contributed by atoms with Crippen LogP contribution in [0.5, 0.6) is 0 Å². The molecule has 144 valence electrons. The maximum absolute atomic E-state index is 12.2. The van der Waals surface area contributed by atoms with E-state index in [1.165, 1.54) is 16.2 Å². The second-order valence-corrected chi connectivity index (χ2v) is 7.05.